The van der Waals surface area contributed by atoms with Crippen LogP contribution in [-0.4, -0.2) is 31.2 Å². The van der Waals surface area contributed by atoms with Crippen LogP contribution < -0.4 is 15.0 Å². The Bertz CT molecular complexity index is 581. The first-order valence-corrected chi connectivity index (χ1v) is 6.09. The fourth-order valence-corrected chi connectivity index (χ4v) is 2.81. The summed E-state index contributed by atoms with van der Waals surface area (Å²) in [6, 6.07) is 5.64. The molecule has 17 heavy (non-hydrogen) atoms. The number of methoxy groups -OCH3 is 1. The molecule has 1 aliphatic heterocycles. The molecule has 5 nitrogen and oxygen atoms in total. The average molecular weight is 249 g/mol. The third-order valence-electron chi connectivity index (χ3n) is 2.67. The maximum absolute atomic E-state index is 11.5. The van der Waals surface area contributed by atoms with Gasteiger partial charge in [0.2, 0.25) is 0 Å². The third-order valence-corrected chi connectivity index (χ3v) is 3.71. The highest BCUT2D eigenvalue weighted by atomic mass is 32.1. The van der Waals surface area contributed by atoms with Crippen molar-refractivity contribution in [3.05, 3.63) is 18.2 Å². The molecule has 2 aromatic rings. The monoisotopic (exact) mass is 249 g/mol. The SMILES string of the molecule is COc1ccc2nc(N3CCNC3=O)sc2c1. The number of hydrogen-bond acceptors (Lipinski definition) is 4. The molecular weight excluding hydrogens is 238 g/mol. The molecule has 88 valence electrons. The summed E-state index contributed by atoms with van der Waals surface area (Å²) in [5, 5.41) is 3.50. The van der Waals surface area contributed by atoms with Crippen molar-refractivity contribution < 1.29 is 9.53 Å². The molecule has 2 heterocycles. The Morgan fingerprint density at radius 3 is 3.12 bits per heavy atom. The number of nitrogens with one attached hydrogen (secondary N) is 1. The average Bonchev–Trinajstić information content (AvgIpc) is 2.93. The first-order chi connectivity index (χ1) is 8.28. The fraction of sp³-hybridized carbons (Fsp3) is 0.273. The summed E-state index contributed by atoms with van der Waals surface area (Å²) in [4.78, 5) is 17.6. The normalized spacial score (nSPS) is 15.4. The Hall–Kier alpha value is -1.82. The fourth-order valence-electron chi connectivity index (χ4n) is 1.79. The summed E-state index contributed by atoms with van der Waals surface area (Å²) in [6.45, 7) is 1.36. The van der Waals surface area contributed by atoms with E-state index < -0.39 is 0 Å². The van der Waals surface area contributed by atoms with Gasteiger partial charge in [-0.2, -0.15) is 0 Å². The van der Waals surface area contributed by atoms with Crippen LogP contribution in [0.2, 0.25) is 0 Å². The Morgan fingerprint density at radius 2 is 2.41 bits per heavy atom. The summed E-state index contributed by atoms with van der Waals surface area (Å²) in [7, 11) is 1.64. The summed E-state index contributed by atoms with van der Waals surface area (Å²) in [5.74, 6) is 0.804. The van der Waals surface area contributed by atoms with Gasteiger partial charge in [0, 0.05) is 13.1 Å². The zero-order valence-corrected chi connectivity index (χ0v) is 10.1. The van der Waals surface area contributed by atoms with Crippen molar-refractivity contribution in [2.75, 3.05) is 25.1 Å². The van der Waals surface area contributed by atoms with Gasteiger partial charge in [0.1, 0.15) is 5.75 Å². The van der Waals surface area contributed by atoms with Crippen LogP contribution in [0.5, 0.6) is 5.75 Å². The minimum atomic E-state index is -0.0731. The maximum Gasteiger partial charge on any atom is 0.323 e. The Kier molecular flexibility index (Phi) is 2.36. The van der Waals surface area contributed by atoms with Gasteiger partial charge in [0.25, 0.3) is 0 Å². The van der Waals surface area contributed by atoms with Gasteiger partial charge in [-0.05, 0) is 18.2 Å². The van der Waals surface area contributed by atoms with Gasteiger partial charge in [-0.25, -0.2) is 9.78 Å². The van der Waals surface area contributed by atoms with Crippen LogP contribution in [-0.2, 0) is 0 Å². The molecule has 0 bridgehead atoms. The molecule has 0 saturated carbocycles. The van der Waals surface area contributed by atoms with Crippen LogP contribution >= 0.6 is 11.3 Å². The van der Waals surface area contributed by atoms with E-state index in [1.54, 1.807) is 12.0 Å². The van der Waals surface area contributed by atoms with E-state index in [0.29, 0.717) is 13.1 Å². The van der Waals surface area contributed by atoms with Crippen LogP contribution in [0.15, 0.2) is 18.2 Å². The van der Waals surface area contributed by atoms with Gasteiger partial charge in [-0.15, -0.1) is 0 Å². The van der Waals surface area contributed by atoms with Gasteiger partial charge in [-0.3, -0.25) is 4.90 Å². The largest absolute Gasteiger partial charge is 0.497 e. The number of hydrogen-bond donors (Lipinski definition) is 1. The first-order valence-electron chi connectivity index (χ1n) is 5.28. The lowest BCUT2D eigenvalue weighted by Crippen LogP contribution is -2.27. The van der Waals surface area contributed by atoms with Gasteiger partial charge in [0.05, 0.1) is 17.3 Å². The second kappa shape index (κ2) is 3.89. The van der Waals surface area contributed by atoms with Crippen molar-refractivity contribution in [2.45, 2.75) is 0 Å². The van der Waals surface area contributed by atoms with Crippen LogP contribution in [0.25, 0.3) is 10.2 Å². The van der Waals surface area contributed by atoms with Gasteiger partial charge in [-0.1, -0.05) is 11.3 Å². The van der Waals surface area contributed by atoms with Crippen LogP contribution in [0, 0.1) is 0 Å². The topological polar surface area (TPSA) is 54.5 Å². The molecule has 6 heteroatoms. The van der Waals surface area contributed by atoms with Crippen LogP contribution in [0.1, 0.15) is 0 Å². The number of benzene rings is 1. The number of ether oxygens (including phenoxy) is 1. The summed E-state index contributed by atoms with van der Waals surface area (Å²) in [5.41, 5.74) is 0.894. The number of aromatic nitrogens is 1. The molecule has 0 unspecified atom stereocenters. The van der Waals surface area contributed by atoms with E-state index >= 15 is 0 Å². The molecule has 2 amide bonds. The second-order valence-electron chi connectivity index (χ2n) is 3.71. The number of rotatable bonds is 2. The molecule has 1 aromatic carbocycles. The highest BCUT2D eigenvalue weighted by molar-refractivity contribution is 7.22. The zero-order valence-electron chi connectivity index (χ0n) is 9.27. The molecular formula is C11H11N3O2S. The number of carbonyl (C=O) groups excluding carboxylic acids is 1. The molecule has 0 spiro atoms. The lowest BCUT2D eigenvalue weighted by molar-refractivity contribution is 0.252. The van der Waals surface area contributed by atoms with Crippen molar-refractivity contribution in [1.29, 1.82) is 0 Å². The van der Waals surface area contributed by atoms with Crippen molar-refractivity contribution in [1.82, 2.24) is 10.3 Å². The number of carbonyl (C=O) groups is 1. The van der Waals surface area contributed by atoms with E-state index in [9.17, 15) is 4.79 Å². The quantitative estimate of drug-likeness (QED) is 0.883. The number of amides is 2. The first kappa shape index (κ1) is 10.3. The van der Waals surface area contributed by atoms with E-state index in [1.165, 1.54) is 11.3 Å². The lowest BCUT2D eigenvalue weighted by Gasteiger charge is -2.08. The Balaban J connectivity index is 2.04. The number of urea groups is 1. The number of thiazole rings is 1. The van der Waals surface area contributed by atoms with E-state index in [2.05, 4.69) is 10.3 Å². The molecule has 3 rings (SSSR count). The smallest absolute Gasteiger partial charge is 0.323 e. The van der Waals surface area contributed by atoms with Crippen LogP contribution in [0.4, 0.5) is 9.93 Å². The summed E-state index contributed by atoms with van der Waals surface area (Å²) < 4.78 is 6.19. The van der Waals surface area contributed by atoms with Gasteiger partial charge >= 0.3 is 6.03 Å². The minimum Gasteiger partial charge on any atom is -0.497 e. The van der Waals surface area contributed by atoms with Crippen molar-refractivity contribution >= 4 is 32.7 Å². The van der Waals surface area contributed by atoms with E-state index in [0.717, 1.165) is 21.1 Å². The molecule has 1 aromatic heterocycles. The molecule has 1 fully saturated rings. The summed E-state index contributed by atoms with van der Waals surface area (Å²) in [6.07, 6.45) is 0. The highest BCUT2D eigenvalue weighted by Crippen LogP contribution is 2.31. The Labute approximate surface area is 102 Å². The van der Waals surface area contributed by atoms with Gasteiger partial charge in [0.15, 0.2) is 5.13 Å². The van der Waals surface area contributed by atoms with Crippen LogP contribution in [0.3, 0.4) is 0 Å². The van der Waals surface area contributed by atoms with Crippen molar-refractivity contribution in [3.8, 4) is 5.75 Å². The third kappa shape index (κ3) is 1.70. The second-order valence-corrected chi connectivity index (χ2v) is 4.72. The van der Waals surface area contributed by atoms with E-state index in [4.69, 9.17) is 4.74 Å². The molecule has 0 atom stereocenters. The van der Waals surface area contributed by atoms with E-state index in [-0.39, 0.29) is 6.03 Å². The van der Waals surface area contributed by atoms with Crippen molar-refractivity contribution in [3.63, 3.8) is 0 Å². The number of fused-ring (bicyclic) bond motifs is 1. The Morgan fingerprint density at radius 1 is 1.53 bits per heavy atom. The molecule has 0 radical (unpaired) electrons. The molecule has 1 aliphatic rings. The number of nitrogens with zero attached hydrogens (tertiary/aromatic N) is 2. The molecule has 0 aliphatic carbocycles. The van der Waals surface area contributed by atoms with Gasteiger partial charge < -0.3 is 10.1 Å². The maximum atomic E-state index is 11.5. The minimum absolute atomic E-state index is 0.0731. The lowest BCUT2D eigenvalue weighted by atomic mass is 10.3. The molecule has 1 N–H and O–H groups in total. The number of anilines is 1. The standard InChI is InChI=1S/C11H11N3O2S/c1-16-7-2-3-8-9(6-7)17-11(13-8)14-5-4-12-10(14)15/h2-3,6H,4-5H2,1H3,(H,12,15). The highest BCUT2D eigenvalue weighted by Gasteiger charge is 2.24. The molecule has 1 saturated heterocycles. The zero-order chi connectivity index (χ0) is 11.8. The van der Waals surface area contributed by atoms with Crippen molar-refractivity contribution in [2.24, 2.45) is 0 Å². The predicted molar refractivity (Wildman–Crippen MR) is 66.9 cm³/mol. The predicted octanol–water partition coefficient (Wildman–Crippen LogP) is 1.83. The van der Waals surface area contributed by atoms with E-state index in [1.807, 2.05) is 18.2 Å². The summed E-state index contributed by atoms with van der Waals surface area (Å²) >= 11 is 1.50.